The monoisotopic (exact) mass is 327 g/mol. The van der Waals surface area contributed by atoms with Gasteiger partial charge in [-0.25, -0.2) is 4.39 Å². The Morgan fingerprint density at radius 1 is 1.47 bits per heavy atom. The third kappa shape index (κ3) is 2.19. The number of nitrogens with one attached hydrogen (secondary N) is 1. The van der Waals surface area contributed by atoms with Crippen molar-refractivity contribution in [3.05, 3.63) is 28.5 Å². The number of halogens is 2. The maximum absolute atomic E-state index is 13.3. The predicted molar refractivity (Wildman–Crippen MR) is 77.8 cm³/mol. The molecule has 0 aliphatic heterocycles. The van der Waals surface area contributed by atoms with Crippen LogP contribution in [0.1, 0.15) is 32.6 Å². The van der Waals surface area contributed by atoms with E-state index in [9.17, 15) is 4.39 Å². The summed E-state index contributed by atoms with van der Waals surface area (Å²) in [5, 5.41) is 3.50. The van der Waals surface area contributed by atoms with Crippen LogP contribution in [0.2, 0.25) is 0 Å². The van der Waals surface area contributed by atoms with Gasteiger partial charge in [-0.1, -0.05) is 6.42 Å². The van der Waals surface area contributed by atoms with Crippen molar-refractivity contribution in [1.29, 1.82) is 0 Å². The van der Waals surface area contributed by atoms with Crippen LogP contribution in [0, 0.1) is 11.2 Å². The molecule has 0 bridgehead atoms. The molecule has 2 nitrogen and oxygen atoms in total. The van der Waals surface area contributed by atoms with Crippen molar-refractivity contribution in [2.24, 2.45) is 5.41 Å². The van der Waals surface area contributed by atoms with Crippen LogP contribution in [0.15, 0.2) is 22.7 Å². The third-order valence-corrected chi connectivity index (χ3v) is 5.39. The molecule has 2 fully saturated rings. The molecule has 3 rings (SSSR count). The van der Waals surface area contributed by atoms with Gasteiger partial charge in [0.05, 0.1) is 11.8 Å². The van der Waals surface area contributed by atoms with E-state index < -0.39 is 0 Å². The van der Waals surface area contributed by atoms with E-state index in [0.29, 0.717) is 17.6 Å². The van der Waals surface area contributed by atoms with Gasteiger partial charge < -0.3 is 10.1 Å². The van der Waals surface area contributed by atoms with E-state index in [1.165, 1.54) is 25.3 Å². The smallest absolute Gasteiger partial charge is 0.125 e. The fourth-order valence-corrected chi connectivity index (χ4v) is 3.80. The molecule has 0 aromatic heterocycles. The van der Waals surface area contributed by atoms with Gasteiger partial charge in [0.2, 0.25) is 0 Å². The Hall–Kier alpha value is -0.610. The van der Waals surface area contributed by atoms with Gasteiger partial charge in [0.1, 0.15) is 5.82 Å². The van der Waals surface area contributed by atoms with Gasteiger partial charge in [0.25, 0.3) is 0 Å². The Labute approximate surface area is 121 Å². The summed E-state index contributed by atoms with van der Waals surface area (Å²) in [6.07, 6.45) is 5.14. The lowest BCUT2D eigenvalue weighted by Crippen LogP contribution is -2.64. The topological polar surface area (TPSA) is 21.3 Å². The van der Waals surface area contributed by atoms with Gasteiger partial charge in [0.15, 0.2) is 0 Å². The highest BCUT2D eigenvalue weighted by Gasteiger charge is 2.58. The summed E-state index contributed by atoms with van der Waals surface area (Å²) in [4.78, 5) is 0. The molecule has 1 aromatic rings. The summed E-state index contributed by atoms with van der Waals surface area (Å²) in [5.74, 6) is -0.200. The summed E-state index contributed by atoms with van der Waals surface area (Å²) >= 11 is 3.48. The highest BCUT2D eigenvalue weighted by molar-refractivity contribution is 9.10. The number of ether oxygens (including phenoxy) is 1. The molecule has 0 heterocycles. The maximum atomic E-state index is 13.3. The average molecular weight is 328 g/mol. The van der Waals surface area contributed by atoms with Crippen LogP contribution in [-0.4, -0.2) is 18.8 Å². The number of benzene rings is 1. The van der Waals surface area contributed by atoms with Gasteiger partial charge in [-0.05, 0) is 60.3 Å². The first-order valence-corrected chi connectivity index (χ1v) is 7.78. The van der Waals surface area contributed by atoms with Crippen LogP contribution in [0.5, 0.6) is 0 Å². The Morgan fingerprint density at radius 2 is 2.26 bits per heavy atom. The van der Waals surface area contributed by atoms with Crippen LogP contribution < -0.4 is 5.32 Å². The van der Waals surface area contributed by atoms with E-state index in [4.69, 9.17) is 4.74 Å². The minimum absolute atomic E-state index is 0.200. The van der Waals surface area contributed by atoms with E-state index in [2.05, 4.69) is 28.2 Å². The number of hydrogen-bond acceptors (Lipinski definition) is 2. The van der Waals surface area contributed by atoms with Crippen molar-refractivity contribution < 1.29 is 9.13 Å². The largest absolute Gasteiger partial charge is 0.381 e. The quantitative estimate of drug-likeness (QED) is 0.887. The van der Waals surface area contributed by atoms with E-state index in [1.807, 2.05) is 0 Å². The minimum Gasteiger partial charge on any atom is -0.381 e. The van der Waals surface area contributed by atoms with E-state index in [1.54, 1.807) is 12.1 Å². The van der Waals surface area contributed by atoms with E-state index in [-0.39, 0.29) is 5.82 Å². The molecule has 2 aliphatic carbocycles. The standard InChI is InChI=1S/C15H19BrFNO/c1-2-19-14-9-13(15(14)6-3-7-15)18-12-8-10(17)4-5-11(12)16/h4-5,8,13-14,18H,2-3,6-7,9H2,1H3. The number of rotatable bonds is 4. The zero-order chi connectivity index (χ0) is 13.5. The third-order valence-electron chi connectivity index (χ3n) is 4.70. The predicted octanol–water partition coefficient (Wildman–Crippen LogP) is 4.35. The van der Waals surface area contributed by atoms with Crippen LogP contribution in [-0.2, 0) is 4.74 Å². The summed E-state index contributed by atoms with van der Waals surface area (Å²) in [5.41, 5.74) is 1.15. The molecule has 19 heavy (non-hydrogen) atoms. The molecule has 1 aromatic carbocycles. The first-order valence-electron chi connectivity index (χ1n) is 6.99. The molecule has 2 saturated carbocycles. The highest BCUT2D eigenvalue weighted by atomic mass is 79.9. The van der Waals surface area contributed by atoms with Crippen LogP contribution in [0.4, 0.5) is 10.1 Å². The Morgan fingerprint density at radius 3 is 2.89 bits per heavy atom. The van der Waals surface area contributed by atoms with Crippen molar-refractivity contribution in [1.82, 2.24) is 0 Å². The molecule has 0 radical (unpaired) electrons. The molecular formula is C15H19BrFNO. The Balaban J connectivity index is 1.72. The van der Waals surface area contributed by atoms with Gasteiger partial charge in [-0.3, -0.25) is 0 Å². The maximum Gasteiger partial charge on any atom is 0.125 e. The van der Waals surface area contributed by atoms with Crippen molar-refractivity contribution in [2.45, 2.75) is 44.8 Å². The zero-order valence-corrected chi connectivity index (χ0v) is 12.7. The van der Waals surface area contributed by atoms with Crippen molar-refractivity contribution in [3.8, 4) is 0 Å². The van der Waals surface area contributed by atoms with E-state index in [0.717, 1.165) is 23.2 Å². The molecule has 1 spiro atoms. The summed E-state index contributed by atoms with van der Waals surface area (Å²) in [6.45, 7) is 2.83. The van der Waals surface area contributed by atoms with E-state index >= 15 is 0 Å². The Bertz CT molecular complexity index is 475. The van der Waals surface area contributed by atoms with Crippen LogP contribution in [0.25, 0.3) is 0 Å². The molecular weight excluding hydrogens is 309 g/mol. The average Bonchev–Trinajstić information content (AvgIpc) is 2.30. The first kappa shape index (κ1) is 13.4. The van der Waals surface area contributed by atoms with Gasteiger partial charge in [0, 0.05) is 22.5 Å². The second-order valence-electron chi connectivity index (χ2n) is 5.59. The lowest BCUT2D eigenvalue weighted by molar-refractivity contribution is -0.157. The van der Waals surface area contributed by atoms with Crippen molar-refractivity contribution in [3.63, 3.8) is 0 Å². The Kier molecular flexibility index (Phi) is 3.56. The molecule has 2 aliphatic rings. The first-order chi connectivity index (χ1) is 9.15. The molecule has 1 N–H and O–H groups in total. The van der Waals surface area contributed by atoms with Crippen LogP contribution >= 0.6 is 15.9 Å². The second kappa shape index (κ2) is 5.06. The summed E-state index contributed by atoms with van der Waals surface area (Å²) in [7, 11) is 0. The molecule has 2 unspecified atom stereocenters. The normalized spacial score (nSPS) is 27.7. The molecule has 2 atom stereocenters. The summed E-state index contributed by atoms with van der Waals surface area (Å²) in [6, 6.07) is 5.20. The summed E-state index contributed by atoms with van der Waals surface area (Å²) < 4.78 is 20.1. The lowest BCUT2D eigenvalue weighted by atomic mass is 9.51. The van der Waals surface area contributed by atoms with Crippen LogP contribution in [0.3, 0.4) is 0 Å². The molecule has 104 valence electrons. The fourth-order valence-electron chi connectivity index (χ4n) is 3.44. The van der Waals surface area contributed by atoms with Crippen molar-refractivity contribution in [2.75, 3.05) is 11.9 Å². The molecule has 0 saturated heterocycles. The highest BCUT2D eigenvalue weighted by Crippen LogP contribution is 2.58. The van der Waals surface area contributed by atoms with Gasteiger partial charge in [-0.2, -0.15) is 0 Å². The zero-order valence-electron chi connectivity index (χ0n) is 11.1. The fraction of sp³-hybridized carbons (Fsp3) is 0.600. The molecule has 4 heteroatoms. The minimum atomic E-state index is -0.200. The lowest BCUT2D eigenvalue weighted by Gasteiger charge is -2.61. The van der Waals surface area contributed by atoms with Crippen molar-refractivity contribution >= 4 is 21.6 Å². The van der Waals surface area contributed by atoms with Gasteiger partial charge in [-0.15, -0.1) is 0 Å². The number of anilines is 1. The SMILES string of the molecule is CCOC1CC(Nc2cc(F)ccc2Br)C12CCC2. The number of hydrogen-bond donors (Lipinski definition) is 1. The second-order valence-corrected chi connectivity index (χ2v) is 6.44. The van der Waals surface area contributed by atoms with Gasteiger partial charge >= 0.3 is 0 Å². The molecule has 0 amide bonds.